The van der Waals surface area contributed by atoms with Gasteiger partial charge >= 0.3 is 5.97 Å². The van der Waals surface area contributed by atoms with Crippen molar-refractivity contribution in [2.24, 2.45) is 0 Å². The number of nitrogens with one attached hydrogen (secondary N) is 2. The van der Waals surface area contributed by atoms with Gasteiger partial charge in [-0.25, -0.2) is 0 Å². The average Bonchev–Trinajstić information content (AvgIpc) is 2.73. The number of hydrogen-bond acceptors (Lipinski definition) is 6. The largest absolute Gasteiger partial charge is 0.485 e. The highest BCUT2D eigenvalue weighted by atomic mass is 16.6. The summed E-state index contributed by atoms with van der Waals surface area (Å²) in [6.45, 7) is 0.300. The van der Waals surface area contributed by atoms with E-state index in [1.54, 1.807) is 42.5 Å². The standard InChI is InChI=1S/C20H20N2O6/c1-26-18(23)10-11-21-19(24)13-6-8-14(9-7-13)22-20(25)17-12-27-15-4-2-3-5-16(15)28-17/h2-9,17H,10-12H2,1H3,(H,21,24)(H,22,25). The Kier molecular flexibility index (Phi) is 6.11. The second-order valence-electron chi connectivity index (χ2n) is 6.01. The molecule has 28 heavy (non-hydrogen) atoms. The second kappa shape index (κ2) is 8.90. The van der Waals surface area contributed by atoms with E-state index in [4.69, 9.17) is 9.47 Å². The number of rotatable bonds is 6. The lowest BCUT2D eigenvalue weighted by molar-refractivity contribution is -0.140. The number of anilines is 1. The molecule has 8 nitrogen and oxygen atoms in total. The van der Waals surface area contributed by atoms with Crippen LogP contribution < -0.4 is 20.1 Å². The Labute approximate surface area is 161 Å². The summed E-state index contributed by atoms with van der Waals surface area (Å²) in [5, 5.41) is 5.36. The van der Waals surface area contributed by atoms with E-state index in [9.17, 15) is 14.4 Å². The van der Waals surface area contributed by atoms with Crippen molar-refractivity contribution >= 4 is 23.5 Å². The predicted octanol–water partition coefficient (Wildman–Crippen LogP) is 1.76. The first kappa shape index (κ1) is 19.2. The van der Waals surface area contributed by atoms with Gasteiger partial charge in [-0.05, 0) is 36.4 Å². The van der Waals surface area contributed by atoms with Crippen molar-refractivity contribution in [3.05, 3.63) is 54.1 Å². The predicted molar refractivity (Wildman–Crippen MR) is 100 cm³/mol. The number of ether oxygens (including phenoxy) is 3. The van der Waals surface area contributed by atoms with Crippen LogP contribution in [0.25, 0.3) is 0 Å². The van der Waals surface area contributed by atoms with Crippen molar-refractivity contribution in [1.29, 1.82) is 0 Å². The van der Waals surface area contributed by atoms with Gasteiger partial charge in [-0.15, -0.1) is 0 Å². The number of amides is 2. The van der Waals surface area contributed by atoms with Crippen molar-refractivity contribution in [3.63, 3.8) is 0 Å². The summed E-state index contributed by atoms with van der Waals surface area (Å²) in [5.41, 5.74) is 0.938. The molecule has 2 amide bonds. The molecule has 2 aromatic carbocycles. The van der Waals surface area contributed by atoms with Crippen LogP contribution in [0.15, 0.2) is 48.5 Å². The van der Waals surface area contributed by atoms with Crippen molar-refractivity contribution in [2.75, 3.05) is 25.6 Å². The molecule has 0 spiro atoms. The number of fused-ring (bicyclic) bond motifs is 1. The van der Waals surface area contributed by atoms with Gasteiger partial charge < -0.3 is 24.8 Å². The third kappa shape index (κ3) is 4.79. The van der Waals surface area contributed by atoms with Crippen LogP contribution in [-0.2, 0) is 14.3 Å². The summed E-state index contributed by atoms with van der Waals surface area (Å²) in [5.74, 6) is 0.0732. The van der Waals surface area contributed by atoms with E-state index in [2.05, 4.69) is 15.4 Å². The van der Waals surface area contributed by atoms with Crippen LogP contribution in [0.1, 0.15) is 16.8 Å². The third-order valence-electron chi connectivity index (χ3n) is 4.06. The quantitative estimate of drug-likeness (QED) is 0.736. The summed E-state index contributed by atoms with van der Waals surface area (Å²) in [6.07, 6.45) is -0.667. The highest BCUT2D eigenvalue weighted by Crippen LogP contribution is 2.31. The van der Waals surface area contributed by atoms with Crippen LogP contribution in [0.5, 0.6) is 11.5 Å². The second-order valence-corrected chi connectivity index (χ2v) is 6.01. The molecule has 0 bridgehead atoms. The molecular weight excluding hydrogens is 364 g/mol. The third-order valence-corrected chi connectivity index (χ3v) is 4.06. The number of carbonyl (C=O) groups is 3. The van der Waals surface area contributed by atoms with E-state index in [0.717, 1.165) is 0 Å². The maximum atomic E-state index is 12.4. The molecule has 0 fully saturated rings. The summed E-state index contributed by atoms with van der Waals surface area (Å²) in [4.78, 5) is 35.5. The first-order valence-corrected chi connectivity index (χ1v) is 8.71. The molecule has 1 atom stereocenters. The number of methoxy groups -OCH3 is 1. The minimum Gasteiger partial charge on any atom is -0.485 e. The molecular formula is C20H20N2O6. The van der Waals surface area contributed by atoms with E-state index in [1.807, 2.05) is 6.07 Å². The van der Waals surface area contributed by atoms with E-state index < -0.39 is 12.1 Å². The number of benzene rings is 2. The van der Waals surface area contributed by atoms with Crippen LogP contribution in [0, 0.1) is 0 Å². The Balaban J connectivity index is 1.52. The van der Waals surface area contributed by atoms with Crippen molar-refractivity contribution in [3.8, 4) is 11.5 Å². The fraction of sp³-hybridized carbons (Fsp3) is 0.250. The Hall–Kier alpha value is -3.55. The lowest BCUT2D eigenvalue weighted by Crippen LogP contribution is -2.40. The normalized spacial score (nSPS) is 14.7. The number of hydrogen-bond donors (Lipinski definition) is 2. The monoisotopic (exact) mass is 384 g/mol. The van der Waals surface area contributed by atoms with Gasteiger partial charge in [0.1, 0.15) is 6.61 Å². The molecule has 1 heterocycles. The lowest BCUT2D eigenvalue weighted by atomic mass is 10.2. The Morgan fingerprint density at radius 1 is 1.07 bits per heavy atom. The Morgan fingerprint density at radius 2 is 1.79 bits per heavy atom. The zero-order valence-electron chi connectivity index (χ0n) is 15.3. The zero-order valence-corrected chi connectivity index (χ0v) is 15.3. The molecule has 0 aliphatic carbocycles. The number of esters is 1. The first-order valence-electron chi connectivity index (χ1n) is 8.71. The average molecular weight is 384 g/mol. The van der Waals surface area contributed by atoms with Gasteiger partial charge in [0.25, 0.3) is 11.8 Å². The van der Waals surface area contributed by atoms with Gasteiger partial charge in [-0.3, -0.25) is 14.4 Å². The van der Waals surface area contributed by atoms with Gasteiger partial charge in [0, 0.05) is 17.8 Å². The molecule has 0 radical (unpaired) electrons. The smallest absolute Gasteiger partial charge is 0.307 e. The maximum absolute atomic E-state index is 12.4. The SMILES string of the molecule is COC(=O)CCNC(=O)c1ccc(NC(=O)C2COc3ccccc3O2)cc1. The highest BCUT2D eigenvalue weighted by Gasteiger charge is 2.27. The van der Waals surface area contributed by atoms with Gasteiger partial charge in [0.05, 0.1) is 13.5 Å². The summed E-state index contributed by atoms with van der Waals surface area (Å²) >= 11 is 0. The maximum Gasteiger partial charge on any atom is 0.307 e. The lowest BCUT2D eigenvalue weighted by Gasteiger charge is -2.25. The van der Waals surface area contributed by atoms with Crippen molar-refractivity contribution in [2.45, 2.75) is 12.5 Å². The Bertz CT molecular complexity index is 865. The van der Waals surface area contributed by atoms with Crippen LogP contribution >= 0.6 is 0 Å². The summed E-state index contributed by atoms with van der Waals surface area (Å²) < 4.78 is 15.7. The molecule has 2 aromatic rings. The zero-order chi connectivity index (χ0) is 19.9. The molecule has 0 saturated heterocycles. The molecule has 1 aliphatic rings. The van der Waals surface area contributed by atoms with Crippen LogP contribution in [0.2, 0.25) is 0 Å². The van der Waals surface area contributed by atoms with Crippen LogP contribution in [0.3, 0.4) is 0 Å². The molecule has 1 unspecified atom stereocenters. The minimum absolute atomic E-state index is 0.100. The topological polar surface area (TPSA) is 103 Å². The first-order chi connectivity index (χ1) is 13.6. The van der Waals surface area contributed by atoms with E-state index in [0.29, 0.717) is 22.7 Å². The molecule has 3 rings (SSSR count). The van der Waals surface area contributed by atoms with Gasteiger partial charge in [-0.1, -0.05) is 12.1 Å². The molecule has 146 valence electrons. The minimum atomic E-state index is -0.767. The summed E-state index contributed by atoms with van der Waals surface area (Å²) in [6, 6.07) is 13.5. The van der Waals surface area contributed by atoms with E-state index in [1.165, 1.54) is 7.11 Å². The van der Waals surface area contributed by atoms with Gasteiger partial charge in [-0.2, -0.15) is 0 Å². The van der Waals surface area contributed by atoms with Crippen LogP contribution in [0.4, 0.5) is 5.69 Å². The molecule has 0 aromatic heterocycles. The fourth-order valence-corrected chi connectivity index (χ4v) is 2.56. The van der Waals surface area contributed by atoms with E-state index >= 15 is 0 Å². The highest BCUT2D eigenvalue weighted by molar-refractivity contribution is 5.97. The summed E-state index contributed by atoms with van der Waals surface area (Å²) in [7, 11) is 1.29. The van der Waals surface area contributed by atoms with Gasteiger partial charge in [0.2, 0.25) is 6.10 Å². The van der Waals surface area contributed by atoms with Gasteiger partial charge in [0.15, 0.2) is 11.5 Å². The molecule has 1 aliphatic heterocycles. The van der Waals surface area contributed by atoms with Crippen molar-refractivity contribution < 1.29 is 28.6 Å². The number of para-hydroxylation sites is 2. The van der Waals surface area contributed by atoms with Crippen molar-refractivity contribution in [1.82, 2.24) is 5.32 Å². The van der Waals surface area contributed by atoms with E-state index in [-0.39, 0.29) is 31.4 Å². The van der Waals surface area contributed by atoms with Crippen LogP contribution in [-0.4, -0.2) is 44.1 Å². The number of carbonyl (C=O) groups excluding carboxylic acids is 3. The molecule has 2 N–H and O–H groups in total. The Morgan fingerprint density at radius 3 is 2.50 bits per heavy atom. The molecule has 0 saturated carbocycles. The molecule has 8 heteroatoms. The fourth-order valence-electron chi connectivity index (χ4n) is 2.56.